The summed E-state index contributed by atoms with van der Waals surface area (Å²) in [6.07, 6.45) is -4.83. The molecule has 0 radical (unpaired) electrons. The van der Waals surface area contributed by atoms with Gasteiger partial charge in [0.15, 0.2) is 6.61 Å². The van der Waals surface area contributed by atoms with E-state index < -0.39 is 38.4 Å². The summed E-state index contributed by atoms with van der Waals surface area (Å²) in [5.41, 5.74) is -0.594. The quantitative estimate of drug-likeness (QED) is 0.466. The Bertz CT molecular complexity index is 601. The number of alkyl halides is 3. The maximum absolute atomic E-state index is 11.9. The molecule has 0 aliphatic rings. The summed E-state index contributed by atoms with van der Waals surface area (Å²) in [6.45, 7) is -2.00. The molecule has 0 unspecified atom stereocenters. The number of hydrogen-bond acceptors (Lipinski definition) is 5. The molecule has 0 atom stereocenters. The Labute approximate surface area is 113 Å². The summed E-state index contributed by atoms with van der Waals surface area (Å²) in [5, 5.41) is 10.5. The Morgan fingerprint density at radius 3 is 2.37 bits per heavy atom. The largest absolute Gasteiger partial charge is 0.413 e. The predicted molar refractivity (Wildman–Crippen MR) is 60.0 cm³/mol. The molecule has 1 aromatic carbocycles. The molecule has 0 heterocycles. The molecule has 0 fully saturated rings. The monoisotopic (exact) mass is 363 g/mol. The van der Waals surface area contributed by atoms with E-state index in [9.17, 15) is 31.7 Å². The van der Waals surface area contributed by atoms with Crippen molar-refractivity contribution < 1.29 is 30.7 Å². The Balaban J connectivity index is 3.11. The third-order valence-electron chi connectivity index (χ3n) is 1.73. The lowest BCUT2D eigenvalue weighted by Gasteiger charge is -2.08. The molecule has 0 saturated heterocycles. The lowest BCUT2D eigenvalue weighted by atomic mass is 10.3. The maximum Gasteiger partial charge on any atom is 0.413 e. The molecule has 0 aliphatic heterocycles. The molecule has 6 nitrogen and oxygen atoms in total. The van der Waals surface area contributed by atoms with E-state index in [1.165, 1.54) is 0 Å². The number of halogens is 4. The number of benzene rings is 1. The first kappa shape index (κ1) is 15.9. The van der Waals surface area contributed by atoms with Crippen LogP contribution in [-0.2, 0) is 14.3 Å². The molecule has 11 heteroatoms. The van der Waals surface area contributed by atoms with Crippen LogP contribution in [0.4, 0.5) is 18.9 Å². The molecule has 1 rings (SSSR count). The molecular formula is C8H5BrF3NO5S. The number of nitro groups is 1. The van der Waals surface area contributed by atoms with Gasteiger partial charge in [-0.05, 0) is 6.07 Å². The van der Waals surface area contributed by atoms with Crippen molar-refractivity contribution in [1.29, 1.82) is 0 Å². The van der Waals surface area contributed by atoms with Crippen molar-refractivity contribution in [3.8, 4) is 0 Å². The van der Waals surface area contributed by atoms with E-state index in [4.69, 9.17) is 0 Å². The van der Waals surface area contributed by atoms with Crippen molar-refractivity contribution in [3.63, 3.8) is 0 Å². The Morgan fingerprint density at radius 2 is 1.89 bits per heavy atom. The van der Waals surface area contributed by atoms with Crippen LogP contribution in [0.25, 0.3) is 0 Å². The molecule has 0 saturated carbocycles. The second-order valence-electron chi connectivity index (χ2n) is 3.23. The van der Waals surface area contributed by atoms with Crippen molar-refractivity contribution in [2.75, 3.05) is 6.61 Å². The highest BCUT2D eigenvalue weighted by Crippen LogP contribution is 2.26. The van der Waals surface area contributed by atoms with E-state index in [2.05, 4.69) is 20.1 Å². The van der Waals surface area contributed by atoms with Crippen LogP contribution in [0.1, 0.15) is 0 Å². The molecule has 0 aliphatic carbocycles. The smallest absolute Gasteiger partial charge is 0.258 e. The summed E-state index contributed by atoms with van der Waals surface area (Å²) in [7, 11) is -4.73. The van der Waals surface area contributed by atoms with E-state index in [0.29, 0.717) is 6.07 Å². The second kappa shape index (κ2) is 5.43. The summed E-state index contributed by atoms with van der Waals surface area (Å²) in [5.74, 6) is 0. The molecule has 1 aromatic rings. The molecule has 19 heavy (non-hydrogen) atoms. The van der Waals surface area contributed by atoms with Gasteiger partial charge in [0.05, 0.1) is 4.92 Å². The molecular weight excluding hydrogens is 359 g/mol. The van der Waals surface area contributed by atoms with E-state index in [1.807, 2.05) is 0 Å². The lowest BCUT2D eigenvalue weighted by molar-refractivity contribution is -0.385. The number of rotatable bonds is 4. The number of hydrogen-bond donors (Lipinski definition) is 0. The molecule has 0 aromatic heterocycles. The van der Waals surface area contributed by atoms with Crippen LogP contribution in [0.2, 0.25) is 0 Å². The van der Waals surface area contributed by atoms with Crippen LogP contribution >= 0.6 is 15.9 Å². The first-order chi connectivity index (χ1) is 8.51. The van der Waals surface area contributed by atoms with Crippen LogP contribution in [0, 0.1) is 10.1 Å². The summed E-state index contributed by atoms with van der Waals surface area (Å²) >= 11 is 2.82. The van der Waals surface area contributed by atoms with Crippen molar-refractivity contribution in [3.05, 3.63) is 32.8 Å². The standard InChI is InChI=1S/C8H5BrF3NO5S/c9-5-1-6(13(14)15)3-7(2-5)19(16,17)18-4-8(10,11)12/h1-3H,4H2. The highest BCUT2D eigenvalue weighted by molar-refractivity contribution is 9.10. The summed E-state index contributed by atoms with van der Waals surface area (Å²) in [4.78, 5) is 8.90. The van der Waals surface area contributed by atoms with Gasteiger partial charge in [0, 0.05) is 16.6 Å². The third-order valence-corrected chi connectivity index (χ3v) is 3.43. The van der Waals surface area contributed by atoms with E-state index >= 15 is 0 Å². The minimum absolute atomic E-state index is 0.0240. The first-order valence-corrected chi connectivity index (χ1v) is 6.62. The fourth-order valence-corrected chi connectivity index (χ4v) is 2.60. The zero-order valence-electron chi connectivity index (χ0n) is 8.85. The second-order valence-corrected chi connectivity index (χ2v) is 5.76. The molecule has 0 N–H and O–H groups in total. The van der Waals surface area contributed by atoms with E-state index in [-0.39, 0.29) is 4.47 Å². The zero-order valence-corrected chi connectivity index (χ0v) is 11.3. The van der Waals surface area contributed by atoms with Gasteiger partial charge in [-0.15, -0.1) is 0 Å². The Kier molecular flexibility index (Phi) is 4.53. The number of nitro benzene ring substituents is 1. The van der Waals surface area contributed by atoms with Crippen molar-refractivity contribution in [2.45, 2.75) is 11.1 Å². The molecule has 106 valence electrons. The van der Waals surface area contributed by atoms with Crippen molar-refractivity contribution >= 4 is 31.7 Å². The van der Waals surface area contributed by atoms with Crippen LogP contribution in [-0.4, -0.2) is 26.1 Å². The Hall–Kier alpha value is -1.20. The van der Waals surface area contributed by atoms with Gasteiger partial charge in [-0.3, -0.25) is 14.3 Å². The molecule has 0 amide bonds. The lowest BCUT2D eigenvalue weighted by Crippen LogP contribution is -2.20. The summed E-state index contributed by atoms with van der Waals surface area (Å²) in [6, 6.07) is 2.51. The number of non-ortho nitro benzene ring substituents is 1. The highest BCUT2D eigenvalue weighted by atomic mass is 79.9. The van der Waals surface area contributed by atoms with Gasteiger partial charge >= 0.3 is 6.18 Å². The fourth-order valence-electron chi connectivity index (χ4n) is 1.01. The first-order valence-electron chi connectivity index (χ1n) is 4.42. The maximum atomic E-state index is 11.9. The minimum atomic E-state index is -4.83. The van der Waals surface area contributed by atoms with Gasteiger partial charge in [0.1, 0.15) is 4.90 Å². The predicted octanol–water partition coefficient (Wildman–Crippen LogP) is 2.62. The van der Waals surface area contributed by atoms with Gasteiger partial charge < -0.3 is 0 Å². The molecule has 0 bridgehead atoms. The highest BCUT2D eigenvalue weighted by Gasteiger charge is 2.32. The van der Waals surface area contributed by atoms with Crippen LogP contribution in [0.5, 0.6) is 0 Å². The fraction of sp³-hybridized carbons (Fsp3) is 0.250. The van der Waals surface area contributed by atoms with Gasteiger partial charge in [-0.1, -0.05) is 15.9 Å². The third kappa shape index (κ3) is 4.76. The van der Waals surface area contributed by atoms with Gasteiger partial charge in [0.25, 0.3) is 15.8 Å². The topological polar surface area (TPSA) is 86.5 Å². The van der Waals surface area contributed by atoms with Crippen molar-refractivity contribution in [1.82, 2.24) is 0 Å². The minimum Gasteiger partial charge on any atom is -0.258 e. The van der Waals surface area contributed by atoms with Crippen LogP contribution in [0.15, 0.2) is 27.6 Å². The Morgan fingerprint density at radius 1 is 1.32 bits per heavy atom. The average molecular weight is 364 g/mol. The van der Waals surface area contributed by atoms with Crippen molar-refractivity contribution in [2.24, 2.45) is 0 Å². The zero-order chi connectivity index (χ0) is 14.8. The van der Waals surface area contributed by atoms with Crippen LogP contribution in [0.3, 0.4) is 0 Å². The van der Waals surface area contributed by atoms with Crippen LogP contribution < -0.4 is 0 Å². The molecule has 0 spiro atoms. The van der Waals surface area contributed by atoms with Gasteiger partial charge in [0.2, 0.25) is 0 Å². The number of nitrogens with zero attached hydrogens (tertiary/aromatic N) is 1. The van der Waals surface area contributed by atoms with E-state index in [0.717, 1.165) is 12.1 Å². The van der Waals surface area contributed by atoms with Gasteiger partial charge in [-0.25, -0.2) is 0 Å². The SMILES string of the molecule is O=[N+]([O-])c1cc(Br)cc(S(=O)(=O)OCC(F)(F)F)c1. The summed E-state index contributed by atoms with van der Waals surface area (Å²) < 4.78 is 62.3. The normalized spacial score (nSPS) is 12.4. The average Bonchev–Trinajstić information content (AvgIpc) is 2.25. The van der Waals surface area contributed by atoms with Gasteiger partial charge in [-0.2, -0.15) is 21.6 Å². The van der Waals surface area contributed by atoms with E-state index in [1.54, 1.807) is 0 Å².